The summed E-state index contributed by atoms with van der Waals surface area (Å²) in [5.41, 5.74) is 1.73. The van der Waals surface area contributed by atoms with Crippen LogP contribution < -0.4 is 16.0 Å². The summed E-state index contributed by atoms with van der Waals surface area (Å²) >= 11 is 0. The summed E-state index contributed by atoms with van der Waals surface area (Å²) < 4.78 is 0. The third-order valence-corrected chi connectivity index (χ3v) is 8.10. The molecule has 0 unspecified atom stereocenters. The van der Waals surface area contributed by atoms with Crippen molar-refractivity contribution in [3.63, 3.8) is 0 Å². The Morgan fingerprint density at radius 1 is 1.02 bits per heavy atom. The van der Waals surface area contributed by atoms with Crippen molar-refractivity contribution >= 4 is 40.3 Å². The van der Waals surface area contributed by atoms with Gasteiger partial charge >= 0.3 is 0 Å². The Labute approximate surface area is 242 Å². The van der Waals surface area contributed by atoms with E-state index in [1.165, 1.54) is 4.90 Å². The first kappa shape index (κ1) is 31.8. The van der Waals surface area contributed by atoms with Gasteiger partial charge < -0.3 is 25.8 Å². The van der Waals surface area contributed by atoms with E-state index in [1.807, 2.05) is 51.1 Å². The zero-order valence-corrected chi connectivity index (χ0v) is 24.8. The molecule has 4 N–H and O–H groups in total. The smallest absolute Gasteiger partial charge is 0.245 e. The van der Waals surface area contributed by atoms with Crippen LogP contribution in [0.4, 0.5) is 0 Å². The summed E-state index contributed by atoms with van der Waals surface area (Å²) in [7, 11) is 1.59. The van der Waals surface area contributed by atoms with Gasteiger partial charge in [-0.25, -0.2) is 0 Å². The van der Waals surface area contributed by atoms with E-state index in [0.717, 1.165) is 35.9 Å². The Morgan fingerprint density at radius 3 is 2.49 bits per heavy atom. The third-order valence-electron chi connectivity index (χ3n) is 8.10. The number of aromatic nitrogens is 1. The summed E-state index contributed by atoms with van der Waals surface area (Å²) in [6.45, 7) is 5.54. The van der Waals surface area contributed by atoms with Crippen molar-refractivity contribution in [2.24, 2.45) is 5.92 Å². The second-order valence-electron chi connectivity index (χ2n) is 11.1. The van der Waals surface area contributed by atoms with Gasteiger partial charge in [0.25, 0.3) is 0 Å². The fraction of sp³-hybridized carbons (Fsp3) is 0.581. The number of benzene rings is 1. The van der Waals surface area contributed by atoms with Crippen molar-refractivity contribution in [2.45, 2.75) is 96.7 Å². The maximum Gasteiger partial charge on any atom is 0.245 e. The molecule has 1 aromatic carbocycles. The van der Waals surface area contributed by atoms with Crippen molar-refractivity contribution in [3.8, 4) is 0 Å². The zero-order chi connectivity index (χ0) is 29.9. The minimum absolute atomic E-state index is 0.00530. The molecular weight excluding hydrogens is 522 g/mol. The van der Waals surface area contributed by atoms with Gasteiger partial charge in [-0.1, -0.05) is 58.2 Å². The molecule has 1 aromatic heterocycles. The molecule has 224 valence electrons. The Bertz CT molecular complexity index is 1190. The van der Waals surface area contributed by atoms with Crippen LogP contribution in [0.5, 0.6) is 0 Å². The Balaban J connectivity index is 1.88. The third kappa shape index (κ3) is 9.16. The quantitative estimate of drug-likeness (QED) is 0.309. The fourth-order valence-electron chi connectivity index (χ4n) is 5.19. The van der Waals surface area contributed by atoms with Gasteiger partial charge in [-0.3, -0.25) is 24.0 Å². The molecule has 10 heteroatoms. The number of amides is 4. The van der Waals surface area contributed by atoms with E-state index in [4.69, 9.17) is 0 Å². The Morgan fingerprint density at radius 2 is 1.78 bits per heavy atom. The molecule has 2 heterocycles. The van der Waals surface area contributed by atoms with Crippen LogP contribution in [0, 0.1) is 5.92 Å². The molecule has 1 saturated heterocycles. The van der Waals surface area contributed by atoms with E-state index in [9.17, 15) is 24.0 Å². The number of unbranched alkanes of at least 4 members (excludes halogenated alkanes) is 2. The van der Waals surface area contributed by atoms with Crippen molar-refractivity contribution in [3.05, 3.63) is 36.0 Å². The highest BCUT2D eigenvalue weighted by atomic mass is 16.2. The number of aromatic amines is 1. The van der Waals surface area contributed by atoms with Gasteiger partial charge in [-0.05, 0) is 36.3 Å². The maximum atomic E-state index is 13.8. The van der Waals surface area contributed by atoms with Crippen molar-refractivity contribution < 1.29 is 24.0 Å². The number of Topliss-reactive ketones (excluding diaryl/α,β-unsaturated/α-hetero) is 1. The van der Waals surface area contributed by atoms with Crippen molar-refractivity contribution in [2.75, 3.05) is 13.6 Å². The first-order valence-electron chi connectivity index (χ1n) is 14.8. The molecule has 41 heavy (non-hydrogen) atoms. The number of nitrogens with zero attached hydrogens (tertiary/aromatic N) is 1. The van der Waals surface area contributed by atoms with Crippen LogP contribution in [-0.4, -0.2) is 71.0 Å². The van der Waals surface area contributed by atoms with Gasteiger partial charge in [0.2, 0.25) is 23.6 Å². The molecule has 1 aliphatic rings. The highest BCUT2D eigenvalue weighted by Gasteiger charge is 2.35. The average Bonchev–Trinajstić information content (AvgIpc) is 3.38. The molecule has 1 fully saturated rings. The summed E-state index contributed by atoms with van der Waals surface area (Å²) in [4.78, 5) is 69.6. The molecule has 0 bridgehead atoms. The monoisotopic (exact) mass is 567 g/mol. The number of rotatable bonds is 11. The topological polar surface area (TPSA) is 140 Å². The van der Waals surface area contributed by atoms with Gasteiger partial charge in [0.1, 0.15) is 17.9 Å². The number of carbonyl (C=O) groups excluding carboxylic acids is 5. The number of H-pyrrole nitrogens is 1. The van der Waals surface area contributed by atoms with Crippen LogP contribution in [0.2, 0.25) is 0 Å². The molecule has 4 atom stereocenters. The number of ketones is 1. The van der Waals surface area contributed by atoms with Gasteiger partial charge in [0.05, 0.1) is 6.54 Å². The van der Waals surface area contributed by atoms with E-state index in [-0.39, 0.29) is 48.8 Å². The summed E-state index contributed by atoms with van der Waals surface area (Å²) in [6.07, 6.45) is 4.46. The first-order valence-corrected chi connectivity index (χ1v) is 14.8. The standard InChI is InChI=1S/C31H45N5O5/c1-5-20(3)26-18-28(38)32-19-29(39)34-25(15-9-7-8-13-23(37)6-2)31(41)36(4)27(30(40)35-26)17-22-16-21-12-10-11-14-24(21)33-22/h10-12,14,16,20,25-27,33H,5-9,13,15,17-19H2,1-4H3,(H,32,38)(H,34,39)(H,35,40)/t20-,25-,26+,27-/m0/s1. The minimum atomic E-state index is -0.868. The van der Waals surface area contributed by atoms with Gasteiger partial charge in [0, 0.05) is 50.0 Å². The van der Waals surface area contributed by atoms with Gasteiger partial charge in [-0.2, -0.15) is 0 Å². The highest BCUT2D eigenvalue weighted by molar-refractivity contribution is 5.94. The van der Waals surface area contributed by atoms with Crippen LogP contribution >= 0.6 is 0 Å². The van der Waals surface area contributed by atoms with Crippen LogP contribution in [0.25, 0.3) is 10.9 Å². The highest BCUT2D eigenvalue weighted by Crippen LogP contribution is 2.20. The molecule has 0 spiro atoms. The Hall–Kier alpha value is -3.69. The fourth-order valence-corrected chi connectivity index (χ4v) is 5.19. The van der Waals surface area contributed by atoms with Gasteiger partial charge in [0.15, 0.2) is 0 Å². The number of likely N-dealkylation sites (N-methyl/N-ethyl adjacent to an activating group) is 1. The number of fused-ring (bicyclic) bond motifs is 1. The predicted octanol–water partition coefficient (Wildman–Crippen LogP) is 3.00. The largest absolute Gasteiger partial charge is 0.358 e. The number of carbonyl (C=O) groups is 5. The second kappa shape index (κ2) is 15.3. The molecule has 4 amide bonds. The lowest BCUT2D eigenvalue weighted by molar-refractivity contribution is -0.142. The van der Waals surface area contributed by atoms with E-state index >= 15 is 0 Å². The SMILES string of the molecule is CCC(=O)CCCCC[C@@H]1NC(=O)CNC(=O)C[C@H]([C@@H](C)CC)NC(=O)[C@H](Cc2cc3ccccc3[nH]2)N(C)C1=O. The molecule has 3 rings (SSSR count). The lowest BCUT2D eigenvalue weighted by atomic mass is 9.95. The summed E-state index contributed by atoms with van der Waals surface area (Å²) in [5.74, 6) is -1.31. The first-order chi connectivity index (χ1) is 19.6. The normalized spacial score (nSPS) is 21.8. The van der Waals surface area contributed by atoms with Crippen LogP contribution in [-0.2, 0) is 30.4 Å². The van der Waals surface area contributed by atoms with E-state index < -0.39 is 24.0 Å². The van der Waals surface area contributed by atoms with Crippen LogP contribution in [0.1, 0.15) is 77.8 Å². The average molecular weight is 568 g/mol. The minimum Gasteiger partial charge on any atom is -0.358 e. The van der Waals surface area contributed by atoms with E-state index in [0.29, 0.717) is 25.7 Å². The number of hydrogen-bond donors (Lipinski definition) is 4. The molecule has 0 aliphatic carbocycles. The van der Waals surface area contributed by atoms with E-state index in [2.05, 4.69) is 20.9 Å². The number of nitrogens with one attached hydrogen (secondary N) is 4. The van der Waals surface area contributed by atoms with E-state index in [1.54, 1.807) is 7.05 Å². The molecule has 1 aliphatic heterocycles. The number of hydrogen-bond acceptors (Lipinski definition) is 5. The lowest BCUT2D eigenvalue weighted by Crippen LogP contribution is -2.56. The van der Waals surface area contributed by atoms with Crippen LogP contribution in [0.3, 0.4) is 0 Å². The Kier molecular flexibility index (Phi) is 11.9. The lowest BCUT2D eigenvalue weighted by Gasteiger charge is -2.32. The molecule has 0 saturated carbocycles. The number of para-hydroxylation sites is 1. The van der Waals surface area contributed by atoms with Crippen molar-refractivity contribution in [1.82, 2.24) is 25.8 Å². The van der Waals surface area contributed by atoms with Gasteiger partial charge in [-0.15, -0.1) is 0 Å². The molecule has 0 radical (unpaired) electrons. The second-order valence-corrected chi connectivity index (χ2v) is 11.1. The zero-order valence-electron chi connectivity index (χ0n) is 24.8. The predicted molar refractivity (Wildman–Crippen MR) is 158 cm³/mol. The summed E-state index contributed by atoms with van der Waals surface area (Å²) in [6, 6.07) is 7.58. The van der Waals surface area contributed by atoms with Crippen molar-refractivity contribution in [1.29, 1.82) is 0 Å². The van der Waals surface area contributed by atoms with Crippen LogP contribution in [0.15, 0.2) is 30.3 Å². The molecule has 2 aromatic rings. The molecule has 10 nitrogen and oxygen atoms in total. The molecular formula is C31H45N5O5. The summed E-state index contributed by atoms with van der Waals surface area (Å²) in [5, 5.41) is 9.46. The maximum absolute atomic E-state index is 13.8.